The number of carbonyl (C=O) groups excluding carboxylic acids is 1. The van der Waals surface area contributed by atoms with Crippen LogP contribution in [-0.2, 0) is 20.0 Å². The molecule has 12 nitrogen and oxygen atoms in total. The summed E-state index contributed by atoms with van der Waals surface area (Å²) in [6.45, 7) is 6.23. The van der Waals surface area contributed by atoms with Gasteiger partial charge >= 0.3 is 0 Å². The van der Waals surface area contributed by atoms with Crippen molar-refractivity contribution >= 4 is 31.6 Å². The van der Waals surface area contributed by atoms with Crippen LogP contribution >= 0.6 is 0 Å². The highest BCUT2D eigenvalue weighted by Crippen LogP contribution is 2.37. The van der Waals surface area contributed by atoms with Crippen molar-refractivity contribution in [2.75, 3.05) is 31.5 Å². The Morgan fingerprint density at radius 2 is 1.80 bits per heavy atom. The molecule has 2 N–H and O–H groups in total. The Morgan fingerprint density at radius 1 is 1.12 bits per heavy atom. The first-order chi connectivity index (χ1) is 19.3. The molecule has 14 heteroatoms. The molecule has 3 aromatic rings. The normalized spacial score (nSPS) is 18.8. The topological polar surface area (TPSA) is 159 Å². The number of carbonyl (C=O) groups is 1. The van der Waals surface area contributed by atoms with Crippen LogP contribution < -0.4 is 9.46 Å². The number of nitrogens with zero attached hydrogens (tertiary/aromatic N) is 3. The van der Waals surface area contributed by atoms with Gasteiger partial charge in [0.05, 0.1) is 35.3 Å². The summed E-state index contributed by atoms with van der Waals surface area (Å²) >= 11 is 0. The maximum Gasteiger partial charge on any atom is 0.267 e. The van der Waals surface area contributed by atoms with Crippen LogP contribution in [0.5, 0.6) is 5.75 Å². The van der Waals surface area contributed by atoms with E-state index in [1.165, 1.54) is 60.4 Å². The van der Waals surface area contributed by atoms with Crippen molar-refractivity contribution in [3.05, 3.63) is 65.5 Å². The van der Waals surface area contributed by atoms with Crippen LogP contribution in [0.15, 0.2) is 62.8 Å². The zero-order valence-corrected chi connectivity index (χ0v) is 25.1. The number of para-hydroxylation sites is 1. The highest BCUT2D eigenvalue weighted by molar-refractivity contribution is 7.92. The van der Waals surface area contributed by atoms with Gasteiger partial charge in [0.15, 0.2) is 16.4 Å². The Kier molecular flexibility index (Phi) is 8.78. The molecular weight excluding hydrogens is 572 g/mol. The van der Waals surface area contributed by atoms with Crippen LogP contribution in [0.25, 0.3) is 0 Å². The number of sulfonamides is 2. The molecule has 0 fully saturated rings. The number of rotatable bonds is 9. The average Bonchev–Trinajstić information content (AvgIpc) is 3.29. The smallest absolute Gasteiger partial charge is 0.267 e. The summed E-state index contributed by atoms with van der Waals surface area (Å²) in [6.07, 6.45) is -0.802. The molecule has 2 aromatic carbocycles. The van der Waals surface area contributed by atoms with Gasteiger partial charge in [-0.25, -0.2) is 16.8 Å². The molecule has 4 rings (SSSR count). The molecule has 41 heavy (non-hydrogen) atoms. The molecular formula is C27H34N4O8S2. The van der Waals surface area contributed by atoms with Crippen LogP contribution in [0.2, 0.25) is 0 Å². The molecule has 0 bridgehead atoms. The molecule has 3 atom stereocenters. The highest BCUT2D eigenvalue weighted by atomic mass is 32.2. The summed E-state index contributed by atoms with van der Waals surface area (Å²) in [4.78, 5) is 15.1. The monoisotopic (exact) mass is 606 g/mol. The quantitative estimate of drug-likeness (QED) is 0.373. The van der Waals surface area contributed by atoms with Crippen molar-refractivity contribution in [1.82, 2.24) is 14.4 Å². The third-order valence-corrected chi connectivity index (χ3v) is 10.5. The number of anilines is 1. The third-order valence-electron chi connectivity index (χ3n) is 7.06. The Labute approximate surface area is 240 Å². The lowest BCUT2D eigenvalue weighted by atomic mass is 9.99. The van der Waals surface area contributed by atoms with Gasteiger partial charge < -0.3 is 19.3 Å². The lowest BCUT2D eigenvalue weighted by Crippen LogP contribution is -2.50. The summed E-state index contributed by atoms with van der Waals surface area (Å²) in [5.41, 5.74) is 0.211. The fourth-order valence-corrected chi connectivity index (χ4v) is 7.32. The number of benzene rings is 2. The second kappa shape index (κ2) is 11.8. The first kappa shape index (κ1) is 30.5. The molecule has 2 heterocycles. The summed E-state index contributed by atoms with van der Waals surface area (Å²) in [7, 11) is -6.65. The number of hydrogen-bond donors (Lipinski definition) is 2. The Hall–Kier alpha value is -3.46. The molecule has 1 aliphatic rings. The molecule has 1 aromatic heterocycles. The van der Waals surface area contributed by atoms with Crippen LogP contribution in [0, 0.1) is 19.8 Å². The Balaban J connectivity index is 1.78. The molecule has 0 aliphatic carbocycles. The van der Waals surface area contributed by atoms with Gasteiger partial charge in [0.1, 0.15) is 11.8 Å². The maximum atomic E-state index is 13.7. The lowest BCUT2D eigenvalue weighted by Gasteiger charge is -2.38. The summed E-state index contributed by atoms with van der Waals surface area (Å²) in [6, 6.07) is 11.9. The summed E-state index contributed by atoms with van der Waals surface area (Å²) in [5, 5.41) is 13.6. The minimum absolute atomic E-state index is 0.0138. The number of ether oxygens (including phenoxy) is 1. The predicted octanol–water partition coefficient (Wildman–Crippen LogP) is 2.63. The van der Waals surface area contributed by atoms with E-state index in [1.54, 1.807) is 32.0 Å². The molecule has 0 saturated heterocycles. The fraction of sp³-hybridized carbons (Fsp3) is 0.407. The zero-order chi connectivity index (χ0) is 30.1. The van der Waals surface area contributed by atoms with Crippen LogP contribution in [0.3, 0.4) is 0 Å². The molecule has 222 valence electrons. The maximum absolute atomic E-state index is 13.7. The molecule has 1 amide bonds. The van der Waals surface area contributed by atoms with Gasteiger partial charge in [-0.1, -0.05) is 36.3 Å². The second-order valence-corrected chi connectivity index (χ2v) is 13.8. The van der Waals surface area contributed by atoms with Crippen LogP contribution in [-0.4, -0.2) is 81.1 Å². The van der Waals surface area contributed by atoms with Crippen molar-refractivity contribution in [1.29, 1.82) is 0 Å². The Morgan fingerprint density at radius 3 is 2.41 bits per heavy atom. The van der Waals surface area contributed by atoms with Gasteiger partial charge in [-0.2, -0.15) is 4.31 Å². The fourth-order valence-electron chi connectivity index (χ4n) is 4.72. The summed E-state index contributed by atoms with van der Waals surface area (Å²) in [5.74, 6) is -0.838. The standard InChI is InChI=1S/C27H34N4O8S2/c1-17-14-31(18(2)16-32)27(33)22-12-9-13-23(29-40(34,35)26-19(3)28-39-20(26)4)25(22)38-24(17)15-30(5)41(36,37)21-10-7-6-8-11-21/h6-13,17-18,24,29,32H,14-16H2,1-5H3/t17-,18+,24-/m1/s1. The van der Waals surface area contributed by atoms with E-state index in [0.29, 0.717) is 0 Å². The Bertz CT molecular complexity index is 1600. The van der Waals surface area contributed by atoms with Gasteiger partial charge in [-0.3, -0.25) is 9.52 Å². The largest absolute Gasteiger partial charge is 0.486 e. The van der Waals surface area contributed by atoms with Crippen molar-refractivity contribution < 1.29 is 36.0 Å². The van der Waals surface area contributed by atoms with Crippen molar-refractivity contribution in [2.45, 2.75) is 49.6 Å². The minimum atomic E-state index is -4.21. The number of aliphatic hydroxyl groups is 1. The van der Waals surface area contributed by atoms with E-state index in [-0.39, 0.29) is 57.9 Å². The number of aliphatic hydroxyl groups excluding tert-OH is 1. The minimum Gasteiger partial charge on any atom is -0.486 e. The van der Waals surface area contributed by atoms with Gasteiger partial charge in [0.2, 0.25) is 10.0 Å². The van der Waals surface area contributed by atoms with E-state index in [1.807, 2.05) is 0 Å². The van der Waals surface area contributed by atoms with Crippen LogP contribution in [0.1, 0.15) is 35.7 Å². The van der Waals surface area contributed by atoms with Gasteiger partial charge in [-0.15, -0.1) is 0 Å². The third kappa shape index (κ3) is 6.10. The second-order valence-electron chi connectivity index (χ2n) is 10.2. The van der Waals surface area contributed by atoms with Crippen molar-refractivity contribution in [3.63, 3.8) is 0 Å². The number of aromatic nitrogens is 1. The van der Waals surface area contributed by atoms with Gasteiger partial charge in [0.25, 0.3) is 15.9 Å². The number of nitrogens with one attached hydrogen (secondary N) is 1. The van der Waals surface area contributed by atoms with E-state index in [9.17, 15) is 26.7 Å². The number of hydrogen-bond acceptors (Lipinski definition) is 9. The van der Waals surface area contributed by atoms with E-state index < -0.39 is 44.0 Å². The lowest BCUT2D eigenvalue weighted by molar-refractivity contribution is 0.0389. The number of aryl methyl sites for hydroxylation is 2. The van der Waals surface area contributed by atoms with E-state index in [0.717, 1.165) is 0 Å². The first-order valence-corrected chi connectivity index (χ1v) is 15.9. The van der Waals surface area contributed by atoms with Crippen LogP contribution in [0.4, 0.5) is 5.69 Å². The molecule has 0 saturated carbocycles. The number of likely N-dealkylation sites (N-methyl/N-ethyl adjacent to an activating group) is 1. The van der Waals surface area contributed by atoms with Gasteiger partial charge in [0, 0.05) is 19.5 Å². The molecule has 0 spiro atoms. The number of amides is 1. The molecule has 0 radical (unpaired) electrons. The highest BCUT2D eigenvalue weighted by Gasteiger charge is 2.37. The van der Waals surface area contributed by atoms with E-state index >= 15 is 0 Å². The number of fused-ring (bicyclic) bond motifs is 1. The van der Waals surface area contributed by atoms with Crippen molar-refractivity contribution in [2.24, 2.45) is 5.92 Å². The predicted molar refractivity (Wildman–Crippen MR) is 151 cm³/mol. The first-order valence-electron chi connectivity index (χ1n) is 13.0. The van der Waals surface area contributed by atoms with Crippen molar-refractivity contribution in [3.8, 4) is 5.75 Å². The SMILES string of the molecule is Cc1noc(C)c1S(=O)(=O)Nc1cccc2c1O[C@H](CN(C)S(=O)(=O)c1ccccc1)[C@H](C)CN([C@@H](C)CO)C2=O. The molecule has 1 aliphatic heterocycles. The van der Waals surface area contributed by atoms with Gasteiger partial charge in [-0.05, 0) is 45.0 Å². The average molecular weight is 607 g/mol. The summed E-state index contributed by atoms with van der Waals surface area (Å²) < 4.78 is 68.4. The molecule has 0 unspecified atom stereocenters. The van der Waals surface area contributed by atoms with E-state index in [4.69, 9.17) is 9.26 Å². The zero-order valence-electron chi connectivity index (χ0n) is 23.4. The van der Waals surface area contributed by atoms with E-state index in [2.05, 4.69) is 9.88 Å².